The van der Waals surface area contributed by atoms with Gasteiger partial charge in [0.1, 0.15) is 0 Å². The summed E-state index contributed by atoms with van der Waals surface area (Å²) in [6, 6.07) is 9.80. The quantitative estimate of drug-likeness (QED) is 0.752. The summed E-state index contributed by atoms with van der Waals surface area (Å²) in [6.07, 6.45) is 6.17. The molecule has 144 valence electrons. The number of piperidine rings is 1. The number of rotatable bonds is 4. The Labute approximate surface area is 162 Å². The van der Waals surface area contributed by atoms with Gasteiger partial charge in [-0.2, -0.15) is 10.2 Å². The second-order valence-corrected chi connectivity index (χ2v) is 6.95. The Morgan fingerprint density at radius 2 is 1.82 bits per heavy atom. The van der Waals surface area contributed by atoms with E-state index in [1.54, 1.807) is 21.8 Å². The number of aromatic nitrogens is 4. The van der Waals surface area contributed by atoms with Gasteiger partial charge in [0.05, 0.1) is 34.7 Å². The van der Waals surface area contributed by atoms with Gasteiger partial charge in [0.2, 0.25) is 0 Å². The third kappa shape index (κ3) is 3.40. The Hall–Kier alpha value is -3.42. The first kappa shape index (κ1) is 18.0. The van der Waals surface area contributed by atoms with Crippen LogP contribution in [0.25, 0.3) is 5.69 Å². The molecule has 1 saturated heterocycles. The molecule has 3 aromatic rings. The second kappa shape index (κ2) is 7.30. The summed E-state index contributed by atoms with van der Waals surface area (Å²) in [7, 11) is 0. The van der Waals surface area contributed by atoms with Gasteiger partial charge in [-0.3, -0.25) is 9.48 Å². The van der Waals surface area contributed by atoms with Crippen LogP contribution in [0.5, 0.6) is 0 Å². The molecule has 0 bridgehead atoms. The van der Waals surface area contributed by atoms with E-state index in [0.29, 0.717) is 24.3 Å². The zero-order valence-electron chi connectivity index (χ0n) is 15.5. The molecular weight excluding hydrogens is 358 g/mol. The van der Waals surface area contributed by atoms with Crippen molar-refractivity contribution in [1.29, 1.82) is 0 Å². The molecule has 2 aromatic heterocycles. The highest BCUT2D eigenvalue weighted by molar-refractivity contribution is 5.95. The number of carbonyl (C=O) groups is 2. The molecule has 1 N–H and O–H groups in total. The summed E-state index contributed by atoms with van der Waals surface area (Å²) < 4.78 is 3.43. The summed E-state index contributed by atoms with van der Waals surface area (Å²) in [5.74, 6) is -1.01. The Morgan fingerprint density at radius 1 is 1.11 bits per heavy atom. The first-order valence-corrected chi connectivity index (χ1v) is 9.21. The molecule has 0 atom stereocenters. The topological polar surface area (TPSA) is 93.2 Å². The van der Waals surface area contributed by atoms with Crippen LogP contribution in [-0.2, 0) is 0 Å². The Bertz CT molecular complexity index is 1000. The molecule has 0 unspecified atom stereocenters. The van der Waals surface area contributed by atoms with E-state index in [4.69, 9.17) is 5.11 Å². The molecule has 3 heterocycles. The average molecular weight is 379 g/mol. The van der Waals surface area contributed by atoms with Crippen LogP contribution >= 0.6 is 0 Å². The number of carboxylic acids is 1. The van der Waals surface area contributed by atoms with Gasteiger partial charge in [0, 0.05) is 25.5 Å². The van der Waals surface area contributed by atoms with Gasteiger partial charge in [0.15, 0.2) is 0 Å². The van der Waals surface area contributed by atoms with Crippen molar-refractivity contribution in [2.75, 3.05) is 13.1 Å². The number of para-hydroxylation sites is 1. The first-order valence-electron chi connectivity index (χ1n) is 9.21. The normalized spacial score (nSPS) is 15.0. The number of amides is 1. The maximum Gasteiger partial charge on any atom is 0.338 e. The van der Waals surface area contributed by atoms with Crippen LogP contribution in [0.3, 0.4) is 0 Å². The summed E-state index contributed by atoms with van der Waals surface area (Å²) in [5, 5.41) is 17.7. The third-order valence-electron chi connectivity index (χ3n) is 5.12. The molecule has 1 amide bonds. The first-order chi connectivity index (χ1) is 13.5. The molecule has 4 rings (SSSR count). The number of aryl methyl sites for hydroxylation is 1. The van der Waals surface area contributed by atoms with Gasteiger partial charge >= 0.3 is 5.97 Å². The minimum Gasteiger partial charge on any atom is -0.478 e. The van der Waals surface area contributed by atoms with E-state index in [0.717, 1.165) is 18.5 Å². The van der Waals surface area contributed by atoms with Crippen LogP contribution in [0, 0.1) is 6.92 Å². The molecule has 8 nitrogen and oxygen atoms in total. The number of carbonyl (C=O) groups excluding carboxylic acids is 1. The largest absolute Gasteiger partial charge is 0.478 e. The van der Waals surface area contributed by atoms with E-state index in [1.807, 2.05) is 42.2 Å². The molecule has 1 aromatic carbocycles. The Balaban J connectivity index is 1.44. The summed E-state index contributed by atoms with van der Waals surface area (Å²) in [4.78, 5) is 25.8. The second-order valence-electron chi connectivity index (χ2n) is 6.95. The molecule has 1 aliphatic rings. The van der Waals surface area contributed by atoms with Crippen molar-refractivity contribution in [2.45, 2.75) is 25.8 Å². The minimum atomic E-state index is -0.982. The smallest absolute Gasteiger partial charge is 0.338 e. The molecule has 1 fully saturated rings. The summed E-state index contributed by atoms with van der Waals surface area (Å²) in [6.45, 7) is 3.04. The molecule has 0 spiro atoms. The summed E-state index contributed by atoms with van der Waals surface area (Å²) >= 11 is 0. The van der Waals surface area contributed by atoms with Crippen molar-refractivity contribution in [1.82, 2.24) is 24.5 Å². The van der Waals surface area contributed by atoms with Crippen molar-refractivity contribution in [2.24, 2.45) is 0 Å². The van der Waals surface area contributed by atoms with E-state index >= 15 is 0 Å². The number of likely N-dealkylation sites (tertiary alicyclic amines) is 1. The predicted molar refractivity (Wildman–Crippen MR) is 102 cm³/mol. The van der Waals surface area contributed by atoms with Crippen molar-refractivity contribution >= 4 is 11.9 Å². The van der Waals surface area contributed by atoms with Crippen LogP contribution in [0.4, 0.5) is 0 Å². The van der Waals surface area contributed by atoms with Crippen molar-refractivity contribution in [3.63, 3.8) is 0 Å². The van der Waals surface area contributed by atoms with Gasteiger partial charge < -0.3 is 10.0 Å². The predicted octanol–water partition coefficient (Wildman–Crippen LogP) is 2.55. The SMILES string of the molecule is Cc1nn(-c2ccccc2)cc1C(=O)N1CCC(n2cc(C(=O)O)cn2)CC1. The number of hydrogen-bond acceptors (Lipinski definition) is 4. The average Bonchev–Trinajstić information content (AvgIpc) is 3.36. The number of hydrogen-bond donors (Lipinski definition) is 1. The summed E-state index contributed by atoms with van der Waals surface area (Å²) in [5.41, 5.74) is 2.41. The Kier molecular flexibility index (Phi) is 4.68. The highest BCUT2D eigenvalue weighted by atomic mass is 16.4. The molecule has 0 radical (unpaired) electrons. The number of benzene rings is 1. The Morgan fingerprint density at radius 3 is 2.46 bits per heavy atom. The number of carboxylic acid groups (broad SMARTS) is 1. The van der Waals surface area contributed by atoms with E-state index in [2.05, 4.69) is 10.2 Å². The van der Waals surface area contributed by atoms with Crippen molar-refractivity contribution in [3.05, 3.63) is 65.7 Å². The van der Waals surface area contributed by atoms with Crippen LogP contribution in [-0.4, -0.2) is 54.5 Å². The van der Waals surface area contributed by atoms with Gasteiger partial charge in [-0.25, -0.2) is 9.48 Å². The molecule has 1 aliphatic heterocycles. The lowest BCUT2D eigenvalue weighted by Crippen LogP contribution is -2.39. The fraction of sp³-hybridized carbons (Fsp3) is 0.300. The van der Waals surface area contributed by atoms with Crippen molar-refractivity contribution < 1.29 is 14.7 Å². The van der Waals surface area contributed by atoms with Gasteiger partial charge in [-0.15, -0.1) is 0 Å². The molecular formula is C20H21N5O3. The maximum atomic E-state index is 13.0. The van der Waals surface area contributed by atoms with Gasteiger partial charge in [-0.05, 0) is 31.9 Å². The molecule has 0 aliphatic carbocycles. The fourth-order valence-electron chi connectivity index (χ4n) is 3.54. The third-order valence-corrected chi connectivity index (χ3v) is 5.12. The van der Waals surface area contributed by atoms with E-state index in [-0.39, 0.29) is 17.5 Å². The van der Waals surface area contributed by atoms with Gasteiger partial charge in [0.25, 0.3) is 5.91 Å². The van der Waals surface area contributed by atoms with E-state index < -0.39 is 5.97 Å². The van der Waals surface area contributed by atoms with E-state index in [1.165, 1.54) is 6.20 Å². The zero-order valence-corrected chi connectivity index (χ0v) is 15.5. The highest BCUT2D eigenvalue weighted by Crippen LogP contribution is 2.24. The van der Waals surface area contributed by atoms with E-state index in [9.17, 15) is 9.59 Å². The van der Waals surface area contributed by atoms with Crippen molar-refractivity contribution in [3.8, 4) is 5.69 Å². The fourth-order valence-corrected chi connectivity index (χ4v) is 3.54. The lowest BCUT2D eigenvalue weighted by Gasteiger charge is -2.32. The highest BCUT2D eigenvalue weighted by Gasteiger charge is 2.27. The minimum absolute atomic E-state index is 0.0233. The lowest BCUT2D eigenvalue weighted by molar-refractivity contribution is 0.0687. The number of aromatic carboxylic acids is 1. The van der Waals surface area contributed by atoms with Crippen LogP contribution in [0.15, 0.2) is 48.9 Å². The number of nitrogens with zero attached hydrogens (tertiary/aromatic N) is 5. The lowest BCUT2D eigenvalue weighted by atomic mass is 10.0. The monoisotopic (exact) mass is 379 g/mol. The van der Waals surface area contributed by atoms with Crippen LogP contribution in [0.1, 0.15) is 45.3 Å². The van der Waals surface area contributed by atoms with Crippen LogP contribution in [0.2, 0.25) is 0 Å². The molecule has 8 heteroatoms. The molecule has 28 heavy (non-hydrogen) atoms. The zero-order chi connectivity index (χ0) is 19.7. The maximum absolute atomic E-state index is 13.0. The standard InChI is InChI=1S/C20H21N5O3/c1-14-18(13-25(22-14)16-5-3-2-4-6-16)19(26)23-9-7-17(8-10-23)24-12-15(11-21-24)20(27)28/h2-6,11-13,17H,7-10H2,1H3,(H,27,28). The van der Waals surface area contributed by atoms with Gasteiger partial charge in [-0.1, -0.05) is 18.2 Å². The molecule has 0 saturated carbocycles. The van der Waals surface area contributed by atoms with Crippen LogP contribution < -0.4 is 0 Å².